The number of methoxy groups -OCH3 is 1. The monoisotopic (exact) mass is 420 g/mol. The molecule has 31 heavy (non-hydrogen) atoms. The number of pyridine rings is 1. The number of nitrogens with zero attached hydrogens (tertiary/aromatic N) is 3. The number of allylic oxidation sites excluding steroid dienone is 4. The second kappa shape index (κ2) is 8.98. The molecule has 0 spiro atoms. The lowest BCUT2D eigenvalue weighted by Gasteiger charge is -2.26. The van der Waals surface area contributed by atoms with Gasteiger partial charge in [0.15, 0.2) is 5.75 Å². The fraction of sp³-hybridized carbons (Fsp3) is 0.417. The van der Waals surface area contributed by atoms with Crippen LogP contribution in [0, 0.1) is 31.1 Å². The molecule has 0 saturated heterocycles. The molecule has 2 aromatic rings. The van der Waals surface area contributed by atoms with Gasteiger partial charge in [-0.3, -0.25) is 4.79 Å². The molecule has 1 amide bonds. The van der Waals surface area contributed by atoms with E-state index < -0.39 is 0 Å². The second-order valence-corrected chi connectivity index (χ2v) is 8.27. The number of ether oxygens (including phenoxy) is 2. The van der Waals surface area contributed by atoms with Gasteiger partial charge in [0.05, 0.1) is 25.1 Å². The first-order valence-electron chi connectivity index (χ1n) is 10.5. The van der Waals surface area contributed by atoms with Crippen molar-refractivity contribution in [2.24, 2.45) is 17.3 Å². The maximum atomic E-state index is 13.1. The van der Waals surface area contributed by atoms with E-state index in [1.54, 1.807) is 19.5 Å². The summed E-state index contributed by atoms with van der Waals surface area (Å²) in [5.74, 6) is 2.00. The van der Waals surface area contributed by atoms with Crippen molar-refractivity contribution in [1.29, 1.82) is 0 Å². The Bertz CT molecular complexity index is 1020. The number of aryl methyl sites for hydroxylation is 2. The van der Waals surface area contributed by atoms with Gasteiger partial charge in [-0.2, -0.15) is 0 Å². The third kappa shape index (κ3) is 4.66. The van der Waals surface area contributed by atoms with Gasteiger partial charge in [0.25, 0.3) is 0 Å². The number of carbonyl (C=O) groups excluding carboxylic acids is 1. The molecule has 1 saturated carbocycles. The molecule has 162 valence electrons. The molecular weight excluding hydrogens is 392 g/mol. The molecule has 0 radical (unpaired) electrons. The largest absolute Gasteiger partial charge is 0.489 e. The smallest absolute Gasteiger partial charge is 0.229 e. The van der Waals surface area contributed by atoms with E-state index in [4.69, 9.17) is 9.47 Å². The van der Waals surface area contributed by atoms with Crippen molar-refractivity contribution in [3.05, 3.63) is 65.9 Å². The molecular formula is C24H28N4O3. The van der Waals surface area contributed by atoms with E-state index in [2.05, 4.69) is 38.5 Å². The lowest BCUT2D eigenvalue weighted by molar-refractivity contribution is -0.118. The SMILES string of the molecule is COCc1ccnc(NC(=O)[C@@H]2C[C@@]2(COc2cnc(C)nc2C)C2C=CC=CC2)c1. The number of anilines is 1. The molecule has 2 aliphatic carbocycles. The van der Waals surface area contributed by atoms with Gasteiger partial charge in [-0.15, -0.1) is 0 Å². The summed E-state index contributed by atoms with van der Waals surface area (Å²) in [5.41, 5.74) is 1.52. The maximum Gasteiger partial charge on any atom is 0.229 e. The van der Waals surface area contributed by atoms with E-state index in [-0.39, 0.29) is 23.2 Å². The van der Waals surface area contributed by atoms with E-state index in [1.165, 1.54) is 0 Å². The minimum atomic E-state index is -0.257. The van der Waals surface area contributed by atoms with Crippen LogP contribution in [-0.2, 0) is 16.1 Å². The number of hydrogen-bond donors (Lipinski definition) is 1. The van der Waals surface area contributed by atoms with Crippen molar-refractivity contribution in [3.63, 3.8) is 0 Å². The summed E-state index contributed by atoms with van der Waals surface area (Å²) < 4.78 is 11.3. The first-order chi connectivity index (χ1) is 15.0. The van der Waals surface area contributed by atoms with Gasteiger partial charge in [0.1, 0.15) is 11.6 Å². The highest BCUT2D eigenvalue weighted by Gasteiger charge is 2.62. The Kier molecular flexibility index (Phi) is 6.13. The van der Waals surface area contributed by atoms with Crippen molar-refractivity contribution < 1.29 is 14.3 Å². The molecule has 0 aliphatic heterocycles. The Morgan fingerprint density at radius 1 is 1.29 bits per heavy atom. The first-order valence-corrected chi connectivity index (χ1v) is 10.5. The molecule has 1 N–H and O–H groups in total. The van der Waals surface area contributed by atoms with Gasteiger partial charge in [-0.1, -0.05) is 24.3 Å². The molecule has 1 fully saturated rings. The van der Waals surface area contributed by atoms with Crippen LogP contribution in [0.15, 0.2) is 48.8 Å². The van der Waals surface area contributed by atoms with Crippen LogP contribution in [0.2, 0.25) is 0 Å². The van der Waals surface area contributed by atoms with Gasteiger partial charge in [0, 0.05) is 24.6 Å². The molecule has 7 nitrogen and oxygen atoms in total. The van der Waals surface area contributed by atoms with Crippen LogP contribution in [0.4, 0.5) is 5.82 Å². The van der Waals surface area contributed by atoms with E-state index in [0.29, 0.717) is 30.6 Å². The average Bonchev–Trinajstić information content (AvgIpc) is 3.50. The zero-order chi connectivity index (χ0) is 21.8. The van der Waals surface area contributed by atoms with Crippen molar-refractivity contribution in [1.82, 2.24) is 15.0 Å². The highest BCUT2D eigenvalue weighted by atomic mass is 16.5. The quantitative estimate of drug-likeness (QED) is 0.699. The van der Waals surface area contributed by atoms with E-state index >= 15 is 0 Å². The summed E-state index contributed by atoms with van der Waals surface area (Å²) >= 11 is 0. The molecule has 0 aromatic carbocycles. The summed E-state index contributed by atoms with van der Waals surface area (Å²) in [6, 6.07) is 3.72. The molecule has 4 rings (SSSR count). The maximum absolute atomic E-state index is 13.1. The summed E-state index contributed by atoms with van der Waals surface area (Å²) in [5, 5.41) is 2.99. The third-order valence-electron chi connectivity index (χ3n) is 6.09. The first kappa shape index (κ1) is 21.2. The van der Waals surface area contributed by atoms with Crippen molar-refractivity contribution in [2.45, 2.75) is 33.3 Å². The number of aromatic nitrogens is 3. The lowest BCUT2D eigenvalue weighted by atomic mass is 9.82. The zero-order valence-corrected chi connectivity index (χ0v) is 18.2. The Labute approximate surface area is 182 Å². The summed E-state index contributed by atoms with van der Waals surface area (Å²) in [6.07, 6.45) is 13.5. The highest BCUT2D eigenvalue weighted by Crippen LogP contribution is 2.60. The topological polar surface area (TPSA) is 86.2 Å². The molecule has 1 unspecified atom stereocenters. The van der Waals surface area contributed by atoms with Crippen LogP contribution in [-0.4, -0.2) is 34.6 Å². The molecule has 7 heteroatoms. The van der Waals surface area contributed by atoms with Gasteiger partial charge in [-0.05, 0) is 50.3 Å². The van der Waals surface area contributed by atoms with Crippen molar-refractivity contribution in [3.8, 4) is 5.75 Å². The lowest BCUT2D eigenvalue weighted by Crippen LogP contribution is -2.29. The Morgan fingerprint density at radius 2 is 2.16 bits per heavy atom. The predicted molar refractivity (Wildman–Crippen MR) is 118 cm³/mol. The average molecular weight is 421 g/mol. The van der Waals surface area contributed by atoms with Crippen LogP contribution in [0.3, 0.4) is 0 Å². The van der Waals surface area contributed by atoms with Crippen LogP contribution in [0.1, 0.15) is 29.9 Å². The second-order valence-electron chi connectivity index (χ2n) is 8.27. The van der Waals surface area contributed by atoms with Crippen LogP contribution in [0.5, 0.6) is 5.75 Å². The Hall–Kier alpha value is -3.06. The Morgan fingerprint density at radius 3 is 2.90 bits per heavy atom. The van der Waals surface area contributed by atoms with Crippen molar-refractivity contribution >= 4 is 11.7 Å². The molecule has 2 aliphatic rings. The van der Waals surface area contributed by atoms with Crippen molar-refractivity contribution in [2.75, 3.05) is 19.0 Å². The van der Waals surface area contributed by atoms with Crippen LogP contribution in [0.25, 0.3) is 0 Å². The highest BCUT2D eigenvalue weighted by molar-refractivity contribution is 5.94. The minimum absolute atomic E-state index is 0.0227. The number of amides is 1. The molecule has 2 heterocycles. The fourth-order valence-electron chi connectivity index (χ4n) is 4.30. The van der Waals surface area contributed by atoms with E-state index in [1.807, 2.05) is 32.1 Å². The summed E-state index contributed by atoms with van der Waals surface area (Å²) in [4.78, 5) is 26.0. The number of hydrogen-bond acceptors (Lipinski definition) is 6. The minimum Gasteiger partial charge on any atom is -0.489 e. The standard InChI is InChI=1S/C24H28N4O3/c1-16-21(13-26-17(2)27-16)31-15-24(19-7-5-4-6-8-19)12-20(24)23(29)28-22-11-18(14-30-3)9-10-25-22/h4-7,9-11,13,19-20H,8,12,14-15H2,1-3H3,(H,25,28,29)/t19?,20-,24+/m0/s1. The number of rotatable bonds is 8. The predicted octanol–water partition coefficient (Wildman–Crippen LogP) is 3.79. The number of nitrogens with one attached hydrogen (secondary N) is 1. The van der Waals surface area contributed by atoms with Gasteiger partial charge in [-0.25, -0.2) is 15.0 Å². The molecule has 0 bridgehead atoms. The third-order valence-corrected chi connectivity index (χ3v) is 6.09. The fourth-order valence-corrected chi connectivity index (χ4v) is 4.30. The van der Waals surface area contributed by atoms with E-state index in [9.17, 15) is 4.79 Å². The summed E-state index contributed by atoms with van der Waals surface area (Å²) in [6.45, 7) is 4.69. The van der Waals surface area contributed by atoms with Crippen LogP contribution >= 0.6 is 0 Å². The Balaban J connectivity index is 1.49. The molecule has 2 aromatic heterocycles. The molecule has 3 atom stereocenters. The van der Waals surface area contributed by atoms with E-state index in [0.717, 1.165) is 24.1 Å². The van der Waals surface area contributed by atoms with Gasteiger partial charge in [0.2, 0.25) is 5.91 Å². The summed E-state index contributed by atoms with van der Waals surface area (Å²) in [7, 11) is 1.64. The number of carbonyl (C=O) groups is 1. The normalized spacial score (nSPS) is 24.1. The van der Waals surface area contributed by atoms with Crippen LogP contribution < -0.4 is 10.1 Å². The zero-order valence-electron chi connectivity index (χ0n) is 18.2. The van der Waals surface area contributed by atoms with Gasteiger partial charge < -0.3 is 14.8 Å². The van der Waals surface area contributed by atoms with Gasteiger partial charge >= 0.3 is 0 Å².